The monoisotopic (exact) mass is 300 g/mol. The molecular formula is C17H20N2O3. The number of carbonyl (C=O) groups is 2. The highest BCUT2D eigenvalue weighted by atomic mass is 16.4. The Labute approximate surface area is 128 Å². The van der Waals surface area contributed by atoms with Crippen LogP contribution in [-0.2, 0) is 22.6 Å². The molecule has 3 rings (SSSR count). The first-order valence-electron chi connectivity index (χ1n) is 7.68. The maximum atomic E-state index is 12.0. The van der Waals surface area contributed by atoms with Crippen LogP contribution in [0.5, 0.6) is 0 Å². The van der Waals surface area contributed by atoms with Crippen molar-refractivity contribution in [1.29, 1.82) is 0 Å². The normalized spacial score (nSPS) is 14.2. The lowest BCUT2D eigenvalue weighted by atomic mass is 10.1. The number of aliphatic carboxylic acids is 1. The van der Waals surface area contributed by atoms with Gasteiger partial charge in [-0.05, 0) is 36.8 Å². The summed E-state index contributed by atoms with van der Waals surface area (Å²) >= 11 is 0. The van der Waals surface area contributed by atoms with Gasteiger partial charge < -0.3 is 15.0 Å². The van der Waals surface area contributed by atoms with Gasteiger partial charge >= 0.3 is 5.97 Å². The zero-order valence-corrected chi connectivity index (χ0v) is 12.4. The van der Waals surface area contributed by atoms with Crippen molar-refractivity contribution in [2.75, 3.05) is 6.54 Å². The fourth-order valence-corrected chi connectivity index (χ4v) is 2.69. The van der Waals surface area contributed by atoms with Gasteiger partial charge in [0.1, 0.15) is 6.54 Å². The highest BCUT2D eigenvalue weighted by Crippen LogP contribution is 2.27. The second-order valence-corrected chi connectivity index (χ2v) is 5.94. The summed E-state index contributed by atoms with van der Waals surface area (Å²) in [4.78, 5) is 22.8. The number of para-hydroxylation sites is 1. The number of carbonyl (C=O) groups excluding carboxylic acids is 1. The number of hydrogen-bond acceptors (Lipinski definition) is 2. The van der Waals surface area contributed by atoms with Gasteiger partial charge in [0.2, 0.25) is 5.91 Å². The van der Waals surface area contributed by atoms with Crippen LogP contribution in [0.15, 0.2) is 30.5 Å². The zero-order valence-electron chi connectivity index (χ0n) is 12.4. The molecule has 2 N–H and O–H groups in total. The summed E-state index contributed by atoms with van der Waals surface area (Å²) in [5, 5.41) is 12.8. The van der Waals surface area contributed by atoms with Gasteiger partial charge in [0.15, 0.2) is 0 Å². The number of fused-ring (bicyclic) bond motifs is 1. The maximum Gasteiger partial charge on any atom is 0.303 e. The van der Waals surface area contributed by atoms with Crippen LogP contribution in [0, 0.1) is 5.92 Å². The van der Waals surface area contributed by atoms with Crippen molar-refractivity contribution in [2.45, 2.75) is 32.2 Å². The first-order valence-corrected chi connectivity index (χ1v) is 7.68. The standard InChI is InChI=1S/C17H20N2O3/c20-16(18-9-12-5-6-12)11-19-10-13(7-8-17(21)22)14-3-1-2-4-15(14)19/h1-4,10,12H,5-9,11H2,(H,18,20)(H,21,22). The summed E-state index contributed by atoms with van der Waals surface area (Å²) in [5.41, 5.74) is 1.96. The highest BCUT2D eigenvalue weighted by Gasteiger charge is 2.21. The van der Waals surface area contributed by atoms with Crippen LogP contribution < -0.4 is 5.32 Å². The number of aryl methyl sites for hydroxylation is 1. The van der Waals surface area contributed by atoms with Gasteiger partial charge in [-0.3, -0.25) is 9.59 Å². The predicted molar refractivity (Wildman–Crippen MR) is 83.6 cm³/mol. The Balaban J connectivity index is 1.75. The van der Waals surface area contributed by atoms with Crippen molar-refractivity contribution in [3.63, 3.8) is 0 Å². The van der Waals surface area contributed by atoms with Crippen LogP contribution >= 0.6 is 0 Å². The van der Waals surface area contributed by atoms with E-state index in [1.165, 1.54) is 12.8 Å². The lowest BCUT2D eigenvalue weighted by Crippen LogP contribution is -2.29. The largest absolute Gasteiger partial charge is 0.481 e. The SMILES string of the molecule is O=C(O)CCc1cn(CC(=O)NCC2CC2)c2ccccc12. The highest BCUT2D eigenvalue weighted by molar-refractivity contribution is 5.86. The number of carboxylic acids is 1. The molecule has 5 nitrogen and oxygen atoms in total. The van der Waals surface area contributed by atoms with Crippen molar-refractivity contribution < 1.29 is 14.7 Å². The predicted octanol–water partition coefficient (Wildman–Crippen LogP) is 2.18. The third-order valence-corrected chi connectivity index (χ3v) is 4.08. The van der Waals surface area contributed by atoms with E-state index >= 15 is 0 Å². The third kappa shape index (κ3) is 3.47. The molecule has 5 heteroatoms. The van der Waals surface area contributed by atoms with Crippen LogP contribution in [0.2, 0.25) is 0 Å². The van der Waals surface area contributed by atoms with Crippen molar-refractivity contribution in [2.24, 2.45) is 5.92 Å². The van der Waals surface area contributed by atoms with E-state index in [0.717, 1.165) is 23.0 Å². The number of aromatic nitrogens is 1. The minimum Gasteiger partial charge on any atom is -0.481 e. The molecule has 116 valence electrons. The molecule has 0 spiro atoms. The van der Waals surface area contributed by atoms with E-state index in [1.54, 1.807) is 0 Å². The Morgan fingerprint density at radius 2 is 2.05 bits per heavy atom. The van der Waals surface area contributed by atoms with Gasteiger partial charge in [-0.25, -0.2) is 0 Å². The van der Waals surface area contributed by atoms with Crippen molar-refractivity contribution in [1.82, 2.24) is 9.88 Å². The molecule has 2 aromatic rings. The van der Waals surface area contributed by atoms with Crippen molar-refractivity contribution in [3.8, 4) is 0 Å². The Hall–Kier alpha value is -2.30. The van der Waals surface area contributed by atoms with E-state index < -0.39 is 5.97 Å². The van der Waals surface area contributed by atoms with E-state index in [0.29, 0.717) is 12.3 Å². The second-order valence-electron chi connectivity index (χ2n) is 5.94. The number of nitrogens with zero attached hydrogens (tertiary/aromatic N) is 1. The first kappa shape index (κ1) is 14.6. The molecule has 1 aromatic carbocycles. The van der Waals surface area contributed by atoms with Crippen LogP contribution in [0.25, 0.3) is 10.9 Å². The van der Waals surface area contributed by atoms with Gasteiger partial charge in [0.05, 0.1) is 0 Å². The molecule has 22 heavy (non-hydrogen) atoms. The Morgan fingerprint density at radius 1 is 1.27 bits per heavy atom. The van der Waals surface area contributed by atoms with Gasteiger partial charge in [-0.2, -0.15) is 0 Å². The van der Waals surface area contributed by atoms with Gasteiger partial charge in [0, 0.05) is 30.1 Å². The van der Waals surface area contributed by atoms with Crippen LogP contribution in [0.4, 0.5) is 0 Å². The fraction of sp³-hybridized carbons (Fsp3) is 0.412. The van der Waals surface area contributed by atoms with E-state index in [4.69, 9.17) is 5.11 Å². The van der Waals surface area contributed by atoms with Crippen molar-refractivity contribution >= 4 is 22.8 Å². The summed E-state index contributed by atoms with van der Waals surface area (Å²) in [6.45, 7) is 1.05. The maximum absolute atomic E-state index is 12.0. The molecule has 0 aliphatic heterocycles. The number of carboxylic acid groups (broad SMARTS) is 1. The fourth-order valence-electron chi connectivity index (χ4n) is 2.69. The average Bonchev–Trinajstić information content (AvgIpc) is 3.27. The lowest BCUT2D eigenvalue weighted by molar-refractivity contribution is -0.137. The molecule has 0 unspecified atom stereocenters. The summed E-state index contributed by atoms with van der Waals surface area (Å²) in [6, 6.07) is 7.81. The summed E-state index contributed by atoms with van der Waals surface area (Å²) in [5.74, 6) is -0.132. The molecule has 1 amide bonds. The average molecular weight is 300 g/mol. The number of nitrogens with one attached hydrogen (secondary N) is 1. The summed E-state index contributed by atoms with van der Waals surface area (Å²) < 4.78 is 1.91. The third-order valence-electron chi connectivity index (χ3n) is 4.08. The number of benzene rings is 1. The smallest absolute Gasteiger partial charge is 0.303 e. The molecule has 1 aliphatic rings. The van der Waals surface area contributed by atoms with Crippen molar-refractivity contribution in [3.05, 3.63) is 36.0 Å². The Kier molecular flexibility index (Phi) is 4.13. The molecule has 0 atom stereocenters. The Morgan fingerprint density at radius 3 is 2.77 bits per heavy atom. The van der Waals surface area contributed by atoms with Gasteiger partial charge in [0.25, 0.3) is 0 Å². The number of rotatable bonds is 7. The minimum atomic E-state index is -0.806. The van der Waals surface area contributed by atoms with E-state index in [1.807, 2.05) is 35.0 Å². The molecule has 0 radical (unpaired) electrons. The number of amides is 1. The molecule has 1 heterocycles. The topological polar surface area (TPSA) is 71.3 Å². The van der Waals surface area contributed by atoms with Crippen LogP contribution in [-0.4, -0.2) is 28.1 Å². The minimum absolute atomic E-state index is 0.0115. The van der Waals surface area contributed by atoms with E-state index in [9.17, 15) is 9.59 Å². The van der Waals surface area contributed by atoms with E-state index in [-0.39, 0.29) is 18.9 Å². The lowest BCUT2D eigenvalue weighted by Gasteiger charge is -2.06. The molecule has 1 aromatic heterocycles. The van der Waals surface area contributed by atoms with Gasteiger partial charge in [-0.15, -0.1) is 0 Å². The second kappa shape index (κ2) is 6.22. The molecule has 1 saturated carbocycles. The molecule has 0 bridgehead atoms. The number of hydrogen-bond donors (Lipinski definition) is 2. The quantitative estimate of drug-likeness (QED) is 0.823. The summed E-state index contributed by atoms with van der Waals surface area (Å²) in [6.07, 6.45) is 4.91. The molecule has 1 fully saturated rings. The Bertz CT molecular complexity index is 701. The molecule has 0 saturated heterocycles. The zero-order chi connectivity index (χ0) is 15.5. The van der Waals surface area contributed by atoms with Crippen LogP contribution in [0.3, 0.4) is 0 Å². The molecule has 1 aliphatic carbocycles. The summed E-state index contributed by atoms with van der Waals surface area (Å²) in [7, 11) is 0. The van der Waals surface area contributed by atoms with Gasteiger partial charge in [-0.1, -0.05) is 18.2 Å². The van der Waals surface area contributed by atoms with E-state index in [2.05, 4.69) is 5.32 Å². The molecular weight excluding hydrogens is 280 g/mol. The first-order chi connectivity index (χ1) is 10.6. The van der Waals surface area contributed by atoms with Crippen LogP contribution in [0.1, 0.15) is 24.8 Å².